The first-order valence-electron chi connectivity index (χ1n) is 12.2. The minimum absolute atomic E-state index is 0.0707. The highest BCUT2D eigenvalue weighted by molar-refractivity contribution is 7.98. The Labute approximate surface area is 237 Å². The normalized spacial score (nSPS) is 19.8. The first-order valence-corrected chi connectivity index (χ1v) is 14.3. The van der Waals surface area contributed by atoms with Crippen LogP contribution < -0.4 is 5.32 Å². The van der Waals surface area contributed by atoms with Crippen LogP contribution in [-0.2, 0) is 22.7 Å². The zero-order valence-electron chi connectivity index (χ0n) is 21.0. The standard InChI is InChI=1S/C27H29Cl2N5O3S/c1-3-12-32-18-25(35)33-23(11-13-38-2)26(36)31(16-20-9-10-21(28)14-22(20)29)17-24(33)34(32)27(37)30-15-19-7-5-4-6-8-19/h1,4-10,14,23-24H,11-13,15-18H2,2H3,(H,30,37)/t23-,24-/m0/s1. The lowest BCUT2D eigenvalue weighted by Crippen LogP contribution is -2.76. The first kappa shape index (κ1) is 28.1. The second-order valence-corrected chi connectivity index (χ2v) is 10.9. The van der Waals surface area contributed by atoms with Crippen LogP contribution in [0.2, 0.25) is 10.0 Å². The van der Waals surface area contributed by atoms with E-state index in [1.165, 1.54) is 5.01 Å². The number of benzene rings is 2. The summed E-state index contributed by atoms with van der Waals surface area (Å²) in [7, 11) is 0. The van der Waals surface area contributed by atoms with E-state index in [9.17, 15) is 14.4 Å². The van der Waals surface area contributed by atoms with Crippen LogP contribution in [0.1, 0.15) is 17.5 Å². The highest BCUT2D eigenvalue weighted by Gasteiger charge is 2.51. The number of rotatable bonds is 8. The fourth-order valence-electron chi connectivity index (χ4n) is 4.80. The van der Waals surface area contributed by atoms with Gasteiger partial charge in [0, 0.05) is 23.1 Å². The highest BCUT2D eigenvalue weighted by atomic mass is 35.5. The molecule has 2 aliphatic heterocycles. The van der Waals surface area contributed by atoms with Crippen molar-refractivity contribution in [1.82, 2.24) is 25.1 Å². The summed E-state index contributed by atoms with van der Waals surface area (Å²) in [4.78, 5) is 43.9. The van der Waals surface area contributed by atoms with Crippen molar-refractivity contribution in [2.45, 2.75) is 31.7 Å². The largest absolute Gasteiger partial charge is 0.334 e. The zero-order valence-corrected chi connectivity index (χ0v) is 23.3. The average molecular weight is 575 g/mol. The summed E-state index contributed by atoms with van der Waals surface area (Å²) in [5.41, 5.74) is 1.66. The average Bonchev–Trinajstić information content (AvgIpc) is 2.90. The fraction of sp³-hybridized carbons (Fsp3) is 0.370. The van der Waals surface area contributed by atoms with E-state index in [4.69, 9.17) is 29.6 Å². The second kappa shape index (κ2) is 12.8. The highest BCUT2D eigenvalue weighted by Crippen LogP contribution is 2.31. The Balaban J connectivity index is 1.66. The molecule has 2 aliphatic rings. The molecule has 200 valence electrons. The van der Waals surface area contributed by atoms with E-state index in [2.05, 4.69) is 11.2 Å². The summed E-state index contributed by atoms with van der Waals surface area (Å²) in [6.07, 6.45) is 7.29. The molecule has 2 heterocycles. The molecular formula is C27H29Cl2N5O3S. The summed E-state index contributed by atoms with van der Waals surface area (Å²) in [5.74, 6) is 2.82. The number of halogens is 2. The van der Waals surface area contributed by atoms with Crippen molar-refractivity contribution in [2.24, 2.45) is 0 Å². The first-order chi connectivity index (χ1) is 18.3. The molecule has 0 radical (unpaired) electrons. The fourth-order valence-corrected chi connectivity index (χ4v) is 5.72. The van der Waals surface area contributed by atoms with Gasteiger partial charge >= 0.3 is 6.03 Å². The number of carbonyl (C=O) groups excluding carboxylic acids is 3. The van der Waals surface area contributed by atoms with Crippen molar-refractivity contribution < 1.29 is 14.4 Å². The van der Waals surface area contributed by atoms with Crippen molar-refractivity contribution in [2.75, 3.05) is 31.6 Å². The van der Waals surface area contributed by atoms with Gasteiger partial charge in [0.15, 0.2) is 0 Å². The molecule has 2 fully saturated rings. The van der Waals surface area contributed by atoms with E-state index >= 15 is 0 Å². The SMILES string of the molecule is C#CCN1CC(=O)N2[C@@H](CCSC)C(=O)N(Cc3ccc(Cl)cc3Cl)C[C@@H]2N1C(=O)NCc1ccccc1. The summed E-state index contributed by atoms with van der Waals surface area (Å²) in [6, 6.07) is 13.6. The van der Waals surface area contributed by atoms with Gasteiger partial charge in [-0.1, -0.05) is 65.5 Å². The maximum atomic E-state index is 13.7. The van der Waals surface area contributed by atoms with E-state index in [-0.39, 0.29) is 38.0 Å². The Morgan fingerprint density at radius 2 is 1.95 bits per heavy atom. The minimum Gasteiger partial charge on any atom is -0.333 e. The lowest BCUT2D eigenvalue weighted by Gasteiger charge is -2.55. The third-order valence-corrected chi connectivity index (χ3v) is 7.80. The number of nitrogens with one attached hydrogen (secondary N) is 1. The smallest absolute Gasteiger partial charge is 0.333 e. The molecule has 2 atom stereocenters. The number of carbonyl (C=O) groups is 3. The van der Waals surface area contributed by atoms with Crippen LogP contribution in [0.25, 0.3) is 0 Å². The number of thioether (sulfide) groups is 1. The van der Waals surface area contributed by atoms with Crippen LogP contribution in [0.4, 0.5) is 4.79 Å². The van der Waals surface area contributed by atoms with Crippen LogP contribution in [0.3, 0.4) is 0 Å². The van der Waals surface area contributed by atoms with Gasteiger partial charge in [0.25, 0.3) is 0 Å². The van der Waals surface area contributed by atoms with E-state index in [0.717, 1.165) is 11.1 Å². The number of piperazine rings is 1. The molecule has 0 aliphatic carbocycles. The third kappa shape index (κ3) is 6.21. The molecule has 2 aromatic carbocycles. The van der Waals surface area contributed by atoms with Gasteiger partial charge in [-0.3, -0.25) is 9.59 Å². The molecular weight excluding hydrogens is 545 g/mol. The van der Waals surface area contributed by atoms with Gasteiger partial charge in [0.1, 0.15) is 12.2 Å². The van der Waals surface area contributed by atoms with Crippen LogP contribution in [-0.4, -0.2) is 81.5 Å². The zero-order chi connectivity index (χ0) is 27.2. The van der Waals surface area contributed by atoms with Gasteiger partial charge in [-0.2, -0.15) is 16.8 Å². The Morgan fingerprint density at radius 1 is 1.18 bits per heavy atom. The number of hydrogen-bond donors (Lipinski definition) is 1. The van der Waals surface area contributed by atoms with Crippen molar-refractivity contribution in [1.29, 1.82) is 0 Å². The number of nitrogens with zero attached hydrogens (tertiary/aromatic N) is 4. The number of terminal acetylenes is 1. The summed E-state index contributed by atoms with van der Waals surface area (Å²) < 4.78 is 0. The molecule has 38 heavy (non-hydrogen) atoms. The molecule has 0 aromatic heterocycles. The Kier molecular flexibility index (Phi) is 9.44. The van der Waals surface area contributed by atoms with Gasteiger partial charge in [-0.05, 0) is 41.7 Å². The number of amides is 4. The Morgan fingerprint density at radius 3 is 2.63 bits per heavy atom. The van der Waals surface area contributed by atoms with E-state index in [1.54, 1.807) is 44.8 Å². The van der Waals surface area contributed by atoms with Crippen molar-refractivity contribution in [3.05, 3.63) is 69.7 Å². The van der Waals surface area contributed by atoms with Crippen LogP contribution >= 0.6 is 35.0 Å². The summed E-state index contributed by atoms with van der Waals surface area (Å²) in [6.45, 7) is 0.614. The predicted molar refractivity (Wildman–Crippen MR) is 150 cm³/mol. The van der Waals surface area contributed by atoms with Crippen molar-refractivity contribution >= 4 is 52.8 Å². The molecule has 2 saturated heterocycles. The van der Waals surface area contributed by atoms with Gasteiger partial charge < -0.3 is 15.1 Å². The monoisotopic (exact) mass is 573 g/mol. The quantitative estimate of drug-likeness (QED) is 0.487. The van der Waals surface area contributed by atoms with E-state index < -0.39 is 18.2 Å². The van der Waals surface area contributed by atoms with Crippen LogP contribution in [0.15, 0.2) is 48.5 Å². The van der Waals surface area contributed by atoms with E-state index in [1.807, 2.05) is 36.6 Å². The van der Waals surface area contributed by atoms with Crippen molar-refractivity contribution in [3.8, 4) is 12.3 Å². The number of hydrazine groups is 1. The molecule has 4 amide bonds. The molecule has 2 aromatic rings. The van der Waals surface area contributed by atoms with Gasteiger partial charge in [-0.15, -0.1) is 6.42 Å². The van der Waals surface area contributed by atoms with Gasteiger partial charge in [-0.25, -0.2) is 9.80 Å². The van der Waals surface area contributed by atoms with Crippen LogP contribution in [0, 0.1) is 12.3 Å². The lowest BCUT2D eigenvalue weighted by atomic mass is 10.0. The molecule has 1 N–H and O–H groups in total. The molecule has 0 saturated carbocycles. The maximum Gasteiger partial charge on any atom is 0.334 e. The molecule has 4 rings (SSSR count). The van der Waals surface area contributed by atoms with Gasteiger partial charge in [0.2, 0.25) is 11.8 Å². The number of fused-ring (bicyclic) bond motifs is 1. The number of urea groups is 1. The Hall–Kier alpha value is -2.90. The number of hydrogen-bond acceptors (Lipinski definition) is 5. The minimum atomic E-state index is -0.726. The third-order valence-electron chi connectivity index (χ3n) is 6.57. The molecule has 0 bridgehead atoms. The topological polar surface area (TPSA) is 76.2 Å². The van der Waals surface area contributed by atoms with Gasteiger partial charge in [0.05, 0.1) is 19.6 Å². The maximum absolute atomic E-state index is 13.7. The predicted octanol–water partition coefficient (Wildman–Crippen LogP) is 3.69. The second-order valence-electron chi connectivity index (χ2n) is 9.05. The summed E-state index contributed by atoms with van der Waals surface area (Å²) in [5, 5.41) is 6.96. The molecule has 0 unspecified atom stereocenters. The Bertz CT molecular complexity index is 1220. The molecule has 8 nitrogen and oxygen atoms in total. The van der Waals surface area contributed by atoms with Crippen LogP contribution in [0.5, 0.6) is 0 Å². The van der Waals surface area contributed by atoms with Crippen molar-refractivity contribution in [3.63, 3.8) is 0 Å². The summed E-state index contributed by atoms with van der Waals surface area (Å²) >= 11 is 14.1. The molecule has 11 heteroatoms. The van der Waals surface area contributed by atoms with E-state index in [0.29, 0.717) is 28.8 Å². The lowest BCUT2D eigenvalue weighted by molar-refractivity contribution is -0.189. The molecule has 0 spiro atoms.